The zero-order chi connectivity index (χ0) is 21.5. The van der Waals surface area contributed by atoms with E-state index in [9.17, 15) is 15.0 Å². The van der Waals surface area contributed by atoms with Gasteiger partial charge in [-0.2, -0.15) is 0 Å². The predicted octanol–water partition coefficient (Wildman–Crippen LogP) is 4.44. The number of carbonyl (C=O) groups is 1. The number of benzene rings is 2. The van der Waals surface area contributed by atoms with E-state index in [1.165, 1.54) is 16.7 Å². The normalized spacial score (nSPS) is 35.5. The van der Waals surface area contributed by atoms with Gasteiger partial charge in [0.05, 0.1) is 0 Å². The molecule has 3 fully saturated rings. The average Bonchev–Trinajstić information content (AvgIpc) is 3.01. The maximum Gasteiger partial charge on any atom is 0.161 e. The van der Waals surface area contributed by atoms with E-state index in [4.69, 9.17) is 0 Å². The summed E-state index contributed by atoms with van der Waals surface area (Å²) in [6.45, 7) is 3.07. The van der Waals surface area contributed by atoms with E-state index in [0.717, 1.165) is 43.4 Å². The standard InChI is InChI=1S/C27H29NO3/c1-16(17-6-4-3-5-7-17)19-15-26-11-10-20(29)24(19)27(26)12-13-28(2)22(26)14-18-8-9-21(30)25(31)23(18)27/h3-9,22,24,30-31H,10-15H2,1-2H3/b19-16-/t22-,24-,26+,27-/m0/s1. The Morgan fingerprint density at radius 1 is 1.10 bits per heavy atom. The van der Waals surface area contributed by atoms with Crippen molar-refractivity contribution in [1.82, 2.24) is 4.90 Å². The monoisotopic (exact) mass is 415 g/mol. The molecule has 160 valence electrons. The molecule has 3 aliphatic carbocycles. The highest BCUT2D eigenvalue weighted by atomic mass is 16.3. The molecule has 2 N–H and O–H groups in total. The Morgan fingerprint density at radius 3 is 2.65 bits per heavy atom. The minimum absolute atomic E-state index is 0.00296. The minimum Gasteiger partial charge on any atom is -0.504 e. The first-order valence-electron chi connectivity index (χ1n) is 11.4. The molecule has 6 rings (SSSR count). The number of ketones is 1. The number of phenols is 2. The van der Waals surface area contributed by atoms with Gasteiger partial charge in [-0.1, -0.05) is 42.0 Å². The van der Waals surface area contributed by atoms with Crippen molar-refractivity contribution in [2.45, 2.75) is 50.5 Å². The van der Waals surface area contributed by atoms with E-state index in [-0.39, 0.29) is 22.8 Å². The lowest BCUT2D eigenvalue weighted by Gasteiger charge is -2.64. The molecule has 4 nitrogen and oxygen atoms in total. The van der Waals surface area contributed by atoms with Crippen molar-refractivity contribution < 1.29 is 15.0 Å². The molecule has 1 aliphatic heterocycles. The number of phenolic OH excluding ortho intramolecular Hbond substituents is 2. The highest BCUT2D eigenvalue weighted by Gasteiger charge is 2.73. The second kappa shape index (κ2) is 6.23. The largest absolute Gasteiger partial charge is 0.504 e. The molecule has 0 unspecified atom stereocenters. The van der Waals surface area contributed by atoms with Crippen molar-refractivity contribution in [1.29, 1.82) is 0 Å². The van der Waals surface area contributed by atoms with E-state index in [0.29, 0.717) is 18.2 Å². The molecule has 4 aliphatic rings. The molecular formula is C27H29NO3. The number of Topliss-reactive ketones (excluding diaryl/α,β-unsaturated/α-hetero) is 1. The number of hydrogen-bond donors (Lipinski definition) is 2. The minimum atomic E-state index is -0.429. The fourth-order valence-electron chi connectivity index (χ4n) is 7.95. The summed E-state index contributed by atoms with van der Waals surface area (Å²) < 4.78 is 0. The van der Waals surface area contributed by atoms with Crippen molar-refractivity contribution >= 4 is 11.4 Å². The molecule has 0 radical (unpaired) electrons. The molecule has 0 spiro atoms. The van der Waals surface area contributed by atoms with Gasteiger partial charge in [-0.25, -0.2) is 0 Å². The number of likely N-dealkylation sites (tertiary alicyclic amines) is 1. The van der Waals surface area contributed by atoms with Gasteiger partial charge in [-0.15, -0.1) is 0 Å². The van der Waals surface area contributed by atoms with Gasteiger partial charge >= 0.3 is 0 Å². The van der Waals surface area contributed by atoms with Crippen LogP contribution < -0.4 is 0 Å². The van der Waals surface area contributed by atoms with E-state index in [1.54, 1.807) is 6.07 Å². The lowest BCUT2D eigenvalue weighted by Crippen LogP contribution is -2.67. The van der Waals surface area contributed by atoms with Crippen LogP contribution in [-0.4, -0.2) is 40.5 Å². The first kappa shape index (κ1) is 19.1. The highest BCUT2D eigenvalue weighted by Crippen LogP contribution is 2.74. The van der Waals surface area contributed by atoms with Crippen molar-refractivity contribution in [3.63, 3.8) is 0 Å². The molecule has 0 aromatic heterocycles. The topological polar surface area (TPSA) is 60.8 Å². The van der Waals surface area contributed by atoms with E-state index < -0.39 is 5.41 Å². The number of allylic oxidation sites excluding steroid dienone is 2. The molecule has 2 saturated carbocycles. The number of aromatic hydroxyl groups is 2. The number of nitrogens with zero attached hydrogens (tertiary/aromatic N) is 1. The van der Waals surface area contributed by atoms with Gasteiger partial charge in [0.1, 0.15) is 5.78 Å². The summed E-state index contributed by atoms with van der Waals surface area (Å²) in [6, 6.07) is 14.3. The molecule has 1 saturated heterocycles. The fraction of sp³-hybridized carbons (Fsp3) is 0.444. The molecule has 4 bridgehead atoms. The number of piperidine rings is 1. The van der Waals surface area contributed by atoms with Crippen molar-refractivity contribution in [2.75, 3.05) is 13.6 Å². The summed E-state index contributed by atoms with van der Waals surface area (Å²) in [5, 5.41) is 21.6. The van der Waals surface area contributed by atoms with Crippen molar-refractivity contribution in [2.24, 2.45) is 11.3 Å². The summed E-state index contributed by atoms with van der Waals surface area (Å²) in [5.74, 6) is 0.0216. The predicted molar refractivity (Wildman–Crippen MR) is 120 cm³/mol. The van der Waals surface area contributed by atoms with Gasteiger partial charge in [0.25, 0.3) is 0 Å². The second-order valence-electron chi connectivity index (χ2n) is 10.1. The van der Waals surface area contributed by atoms with E-state index >= 15 is 0 Å². The summed E-state index contributed by atoms with van der Waals surface area (Å²) in [5.41, 5.74) is 5.09. The number of rotatable bonds is 1. The van der Waals surface area contributed by atoms with Gasteiger partial charge in [0.15, 0.2) is 11.5 Å². The third-order valence-corrected chi connectivity index (χ3v) is 9.19. The highest BCUT2D eigenvalue weighted by molar-refractivity contribution is 5.92. The molecule has 2 aromatic rings. The third kappa shape index (κ3) is 2.17. The smallest absolute Gasteiger partial charge is 0.161 e. The molecule has 0 amide bonds. The number of hydrogen-bond acceptors (Lipinski definition) is 4. The summed E-state index contributed by atoms with van der Waals surface area (Å²) in [7, 11) is 2.21. The fourth-order valence-corrected chi connectivity index (χ4v) is 7.95. The zero-order valence-corrected chi connectivity index (χ0v) is 18.2. The van der Waals surface area contributed by atoms with Gasteiger partial charge < -0.3 is 15.1 Å². The molecule has 4 atom stereocenters. The molecule has 31 heavy (non-hydrogen) atoms. The van der Waals surface area contributed by atoms with Gasteiger partial charge in [-0.05, 0) is 69.0 Å². The molecule has 4 heteroatoms. The average molecular weight is 416 g/mol. The Balaban J connectivity index is 1.69. The Kier molecular flexibility index (Phi) is 3.84. The Hall–Kier alpha value is -2.59. The lowest BCUT2D eigenvalue weighted by atomic mass is 9.44. The summed E-state index contributed by atoms with van der Waals surface area (Å²) >= 11 is 0. The van der Waals surface area contributed by atoms with E-state index in [2.05, 4.69) is 43.1 Å². The van der Waals surface area contributed by atoms with Gasteiger partial charge in [-0.3, -0.25) is 4.79 Å². The van der Waals surface area contributed by atoms with Crippen LogP contribution in [0.2, 0.25) is 0 Å². The van der Waals surface area contributed by atoms with Crippen LogP contribution in [0.1, 0.15) is 49.3 Å². The van der Waals surface area contributed by atoms with Crippen LogP contribution in [0, 0.1) is 11.3 Å². The summed E-state index contributed by atoms with van der Waals surface area (Å²) in [6.07, 6.45) is 4.06. The van der Waals surface area contributed by atoms with E-state index in [1.807, 2.05) is 12.1 Å². The molecule has 2 aromatic carbocycles. The van der Waals surface area contributed by atoms with Crippen LogP contribution in [0.25, 0.3) is 5.57 Å². The van der Waals surface area contributed by atoms with Crippen molar-refractivity contribution in [3.05, 3.63) is 64.7 Å². The van der Waals surface area contributed by atoms with Crippen LogP contribution in [0.3, 0.4) is 0 Å². The summed E-state index contributed by atoms with van der Waals surface area (Å²) in [4.78, 5) is 16.1. The van der Waals surface area contributed by atoms with Crippen LogP contribution >= 0.6 is 0 Å². The Bertz CT molecular complexity index is 1140. The molecular weight excluding hydrogens is 386 g/mol. The number of fused-ring (bicyclic) bond motifs is 1. The number of likely N-dealkylation sites (N-methyl/N-ethyl adjacent to an activating group) is 1. The maximum atomic E-state index is 13.6. The quantitative estimate of drug-likeness (QED) is 0.676. The SMILES string of the molecule is C/C(=C1\C[C@@]23CCC(=O)[C@H]1[C@@]21CCN(C)[C@H]3Cc2ccc(O)c(O)c21)c1ccccc1. The van der Waals surface area contributed by atoms with Crippen LogP contribution in [0.4, 0.5) is 0 Å². The Morgan fingerprint density at radius 2 is 1.87 bits per heavy atom. The van der Waals surface area contributed by atoms with Crippen LogP contribution in [-0.2, 0) is 16.6 Å². The van der Waals surface area contributed by atoms with Gasteiger partial charge in [0.2, 0.25) is 0 Å². The van der Waals surface area contributed by atoms with Crippen LogP contribution in [0.5, 0.6) is 11.5 Å². The lowest BCUT2D eigenvalue weighted by molar-refractivity contribution is -0.138. The first-order valence-corrected chi connectivity index (χ1v) is 11.4. The van der Waals surface area contributed by atoms with Gasteiger partial charge in [0, 0.05) is 34.8 Å². The first-order chi connectivity index (χ1) is 14.9. The Labute approximate surface area is 183 Å². The number of carbonyl (C=O) groups excluding carboxylic acids is 1. The van der Waals surface area contributed by atoms with Crippen LogP contribution in [0.15, 0.2) is 48.0 Å². The molecule has 1 heterocycles. The third-order valence-electron chi connectivity index (χ3n) is 9.19. The second-order valence-corrected chi connectivity index (χ2v) is 10.1. The van der Waals surface area contributed by atoms with Crippen molar-refractivity contribution in [3.8, 4) is 11.5 Å². The maximum absolute atomic E-state index is 13.6. The zero-order valence-electron chi connectivity index (χ0n) is 18.2.